The van der Waals surface area contributed by atoms with Crippen molar-refractivity contribution in [2.24, 2.45) is 0 Å². The van der Waals surface area contributed by atoms with Gasteiger partial charge < -0.3 is 10.8 Å². The number of sulfonamides is 1. The second-order valence-electron chi connectivity index (χ2n) is 5.17. The van der Waals surface area contributed by atoms with Gasteiger partial charge >= 0.3 is 47.0 Å². The predicted molar refractivity (Wildman–Crippen MR) is 59.2 cm³/mol. The second kappa shape index (κ2) is 7.33. The summed E-state index contributed by atoms with van der Waals surface area (Å²) in [5.41, 5.74) is -0.359. The highest BCUT2D eigenvalue weighted by atomic mass is 32.2. The number of hydrogen-bond donors (Lipinski definition) is 2. The summed E-state index contributed by atoms with van der Waals surface area (Å²) in [5, 5.41) is 1.84. The monoisotopic (exact) mass is 529 g/mol. The molecular formula is C8H2F17N2O3S-. The molecule has 5 nitrogen and oxygen atoms in total. The molecule has 0 bridgehead atoms. The van der Waals surface area contributed by atoms with E-state index in [4.69, 9.17) is 0 Å². The largest absolute Gasteiger partial charge is 0.774 e. The molecule has 0 aliphatic carbocycles. The van der Waals surface area contributed by atoms with Gasteiger partial charge in [0.2, 0.25) is 0 Å². The van der Waals surface area contributed by atoms with Crippen LogP contribution in [0.2, 0.25) is 0 Å². The van der Waals surface area contributed by atoms with Gasteiger partial charge in [-0.05, 0) is 0 Å². The molecule has 0 heterocycles. The van der Waals surface area contributed by atoms with Crippen molar-refractivity contribution < 1.29 is 83.1 Å². The van der Waals surface area contributed by atoms with Crippen LogP contribution < -0.4 is 10.4 Å². The van der Waals surface area contributed by atoms with Gasteiger partial charge in [0, 0.05) is 0 Å². The third kappa shape index (κ3) is 3.65. The Morgan fingerprint density at radius 2 is 0.742 bits per heavy atom. The zero-order chi connectivity index (χ0) is 25.9. The fourth-order valence-corrected chi connectivity index (χ4v) is 2.14. The van der Waals surface area contributed by atoms with Crippen LogP contribution in [0.5, 0.6) is 0 Å². The number of alkyl halides is 17. The van der Waals surface area contributed by atoms with Crippen LogP contribution in [0, 0.1) is 5.21 Å². The van der Waals surface area contributed by atoms with Crippen LogP contribution in [0.25, 0.3) is 0 Å². The number of hydrogen-bond acceptors (Lipinski definition) is 4. The van der Waals surface area contributed by atoms with E-state index in [1.807, 2.05) is 0 Å². The summed E-state index contributed by atoms with van der Waals surface area (Å²) in [4.78, 5) is -0.441. The Morgan fingerprint density at radius 3 is 1.00 bits per heavy atom. The van der Waals surface area contributed by atoms with E-state index in [-0.39, 0.29) is 5.59 Å². The normalized spacial score (nSPS) is 16.6. The maximum Gasteiger partial charge on any atom is 0.460 e. The van der Waals surface area contributed by atoms with Crippen molar-refractivity contribution in [2.45, 2.75) is 47.0 Å². The summed E-state index contributed by atoms with van der Waals surface area (Å²) < 4.78 is 239. The third-order valence-corrected chi connectivity index (χ3v) is 4.49. The lowest BCUT2D eigenvalue weighted by Gasteiger charge is -2.42. The highest BCUT2D eigenvalue weighted by molar-refractivity contribution is 7.90. The van der Waals surface area contributed by atoms with E-state index in [2.05, 4.69) is 0 Å². The van der Waals surface area contributed by atoms with Gasteiger partial charge in [-0.3, -0.25) is 0 Å². The maximum absolute atomic E-state index is 13.2. The summed E-state index contributed by atoms with van der Waals surface area (Å²) >= 11 is 0. The Morgan fingerprint density at radius 1 is 0.484 bits per heavy atom. The quantitative estimate of drug-likeness (QED) is 0.351. The third-order valence-electron chi connectivity index (χ3n) is 3.21. The van der Waals surface area contributed by atoms with E-state index < -0.39 is 61.8 Å². The van der Waals surface area contributed by atoms with E-state index >= 15 is 0 Å². The number of halogens is 17. The molecule has 0 atom stereocenters. The minimum Gasteiger partial charge on any atom is -0.774 e. The summed E-state index contributed by atoms with van der Waals surface area (Å²) in [6, 6.07) is 0. The molecule has 0 saturated carbocycles. The van der Waals surface area contributed by atoms with Crippen molar-refractivity contribution in [2.75, 3.05) is 0 Å². The van der Waals surface area contributed by atoms with Crippen LogP contribution in [-0.4, -0.2) is 55.4 Å². The Hall–Kier alpha value is -1.36. The SMILES string of the molecule is O=S(=O)(NN[O-])C(F)(F)C(F)(F)C(F)(F)C(F)(F)C(F)(F)C(F)(F)C(F)(F)C(F)(F)F. The van der Waals surface area contributed by atoms with Crippen LogP contribution in [0.3, 0.4) is 0 Å². The Balaban J connectivity index is 6.91. The average molecular weight is 529 g/mol. The molecule has 0 amide bonds. The van der Waals surface area contributed by atoms with Gasteiger partial charge in [-0.25, -0.2) is 8.42 Å². The predicted octanol–water partition coefficient (Wildman–Crippen LogP) is 3.88. The first-order valence-corrected chi connectivity index (χ1v) is 7.64. The van der Waals surface area contributed by atoms with Crippen LogP contribution in [0.4, 0.5) is 74.6 Å². The molecule has 0 aromatic rings. The topological polar surface area (TPSA) is 81.3 Å². The van der Waals surface area contributed by atoms with Crippen LogP contribution in [0.15, 0.2) is 0 Å². The second-order valence-corrected chi connectivity index (χ2v) is 6.89. The van der Waals surface area contributed by atoms with Crippen molar-refractivity contribution >= 4 is 10.0 Å². The molecule has 0 radical (unpaired) electrons. The zero-order valence-electron chi connectivity index (χ0n) is 13.1. The minimum atomic E-state index is -8.91. The summed E-state index contributed by atoms with van der Waals surface area (Å²) in [6.45, 7) is 0. The lowest BCUT2D eigenvalue weighted by Crippen LogP contribution is -2.75. The molecule has 188 valence electrons. The summed E-state index contributed by atoms with van der Waals surface area (Å²) in [5.74, 6) is -52.0. The fourth-order valence-electron chi connectivity index (χ4n) is 1.44. The smallest absolute Gasteiger partial charge is 0.460 e. The Bertz CT molecular complexity index is 773. The van der Waals surface area contributed by atoms with Crippen LogP contribution in [0.1, 0.15) is 0 Å². The Labute approximate surface area is 157 Å². The average Bonchev–Trinajstić information content (AvgIpc) is 2.52. The molecule has 0 fully saturated rings. The van der Waals surface area contributed by atoms with Gasteiger partial charge in [0.25, 0.3) is 10.0 Å². The first kappa shape index (κ1) is 29.6. The van der Waals surface area contributed by atoms with Gasteiger partial charge in [0.05, 0.1) is 0 Å². The molecule has 0 aliphatic heterocycles. The van der Waals surface area contributed by atoms with E-state index in [9.17, 15) is 88.3 Å². The molecule has 0 unspecified atom stereocenters. The standard InChI is InChI=1S/C8H2F17N2O3S/c9-1(10,3(13,14)5(17,18)7(21,22)23)2(11,12)4(15,16)6(19,20)8(24,25)31(29,30)27-26-28/h26-27H/q-1. The lowest BCUT2D eigenvalue weighted by molar-refractivity contribution is -0.458. The molecule has 0 saturated heterocycles. The fraction of sp³-hybridized carbons (Fsp3) is 1.00. The van der Waals surface area contributed by atoms with E-state index in [0.29, 0.717) is 0 Å². The van der Waals surface area contributed by atoms with Gasteiger partial charge in [-0.2, -0.15) is 79.5 Å². The highest BCUT2D eigenvalue weighted by Gasteiger charge is 2.96. The lowest BCUT2D eigenvalue weighted by atomic mass is 9.91. The van der Waals surface area contributed by atoms with Gasteiger partial charge in [0.15, 0.2) is 0 Å². The van der Waals surface area contributed by atoms with Gasteiger partial charge in [0.1, 0.15) is 0 Å². The molecule has 23 heteroatoms. The van der Waals surface area contributed by atoms with Gasteiger partial charge in [-0.15, -0.1) is 0 Å². The van der Waals surface area contributed by atoms with Crippen LogP contribution >= 0.6 is 0 Å². The molecular weight excluding hydrogens is 527 g/mol. The zero-order valence-corrected chi connectivity index (χ0v) is 13.9. The van der Waals surface area contributed by atoms with Crippen LogP contribution in [-0.2, 0) is 10.0 Å². The molecule has 31 heavy (non-hydrogen) atoms. The number of rotatable bonds is 9. The molecule has 0 spiro atoms. The number of hydrazine groups is 1. The van der Waals surface area contributed by atoms with E-state index in [0.717, 1.165) is 0 Å². The van der Waals surface area contributed by atoms with E-state index in [1.165, 1.54) is 0 Å². The number of nitrogens with one attached hydrogen (secondary N) is 2. The molecule has 0 aliphatic rings. The van der Waals surface area contributed by atoms with Crippen molar-refractivity contribution in [3.63, 3.8) is 0 Å². The van der Waals surface area contributed by atoms with Crippen molar-refractivity contribution in [1.29, 1.82) is 0 Å². The van der Waals surface area contributed by atoms with Gasteiger partial charge in [-0.1, -0.05) is 0 Å². The van der Waals surface area contributed by atoms with Crippen molar-refractivity contribution in [3.05, 3.63) is 5.21 Å². The van der Waals surface area contributed by atoms with Crippen molar-refractivity contribution in [1.82, 2.24) is 10.4 Å². The molecule has 2 N–H and O–H groups in total. The molecule has 0 aromatic carbocycles. The minimum absolute atomic E-state index is 0.359. The van der Waals surface area contributed by atoms with E-state index in [1.54, 1.807) is 0 Å². The molecule has 0 aromatic heterocycles. The molecule has 0 rings (SSSR count). The first-order valence-electron chi connectivity index (χ1n) is 6.16. The summed E-state index contributed by atoms with van der Waals surface area (Å²) in [6.07, 6.45) is -7.90. The Kier molecular flexibility index (Phi) is 7.01. The van der Waals surface area contributed by atoms with Crippen molar-refractivity contribution in [3.8, 4) is 0 Å². The first-order chi connectivity index (χ1) is 13.1. The maximum atomic E-state index is 13.2. The highest BCUT2D eigenvalue weighted by Crippen LogP contribution is 2.64. The summed E-state index contributed by atoms with van der Waals surface area (Å²) in [7, 11) is -7.57.